The van der Waals surface area contributed by atoms with Gasteiger partial charge in [-0.3, -0.25) is 4.79 Å². The van der Waals surface area contributed by atoms with E-state index in [0.29, 0.717) is 12.1 Å². The van der Waals surface area contributed by atoms with Crippen molar-refractivity contribution in [3.63, 3.8) is 0 Å². The summed E-state index contributed by atoms with van der Waals surface area (Å²) in [6, 6.07) is 10.1. The molecule has 2 rings (SSSR count). The van der Waals surface area contributed by atoms with E-state index >= 15 is 0 Å². The molecule has 0 bridgehead atoms. The van der Waals surface area contributed by atoms with Gasteiger partial charge in [0.15, 0.2) is 0 Å². The molecule has 0 fully saturated rings. The molecule has 0 saturated heterocycles. The van der Waals surface area contributed by atoms with Gasteiger partial charge in [-0.1, -0.05) is 12.1 Å². The van der Waals surface area contributed by atoms with Gasteiger partial charge in [-0.15, -0.1) is 11.3 Å². The van der Waals surface area contributed by atoms with E-state index in [1.54, 1.807) is 36.4 Å². The number of thiophene rings is 1. The molecule has 5 nitrogen and oxygen atoms in total. The first-order chi connectivity index (χ1) is 10.4. The summed E-state index contributed by atoms with van der Waals surface area (Å²) < 4.78 is 27.8. The second-order valence-corrected chi connectivity index (χ2v) is 8.90. The number of sulfonamides is 1. The molecule has 22 heavy (non-hydrogen) atoms. The van der Waals surface area contributed by atoms with Crippen LogP contribution in [0.3, 0.4) is 0 Å². The molecule has 118 valence electrons. The summed E-state index contributed by atoms with van der Waals surface area (Å²) in [6.45, 7) is 2.59. The molecular weight excluding hydrogens is 388 g/mol. The molecule has 1 aromatic carbocycles. The largest absolute Gasteiger partial charge is 0.352 e. The number of rotatable bonds is 6. The smallest absolute Gasteiger partial charge is 0.251 e. The van der Waals surface area contributed by atoms with Gasteiger partial charge < -0.3 is 5.32 Å². The summed E-state index contributed by atoms with van der Waals surface area (Å²) in [5, 5.41) is 2.71. The first kappa shape index (κ1) is 17.1. The zero-order chi connectivity index (χ0) is 16.2. The highest BCUT2D eigenvalue weighted by atomic mass is 79.9. The van der Waals surface area contributed by atoms with Crippen LogP contribution in [-0.4, -0.2) is 20.9 Å². The zero-order valence-electron chi connectivity index (χ0n) is 11.8. The highest BCUT2D eigenvalue weighted by Crippen LogP contribution is 2.25. The van der Waals surface area contributed by atoms with Crippen LogP contribution < -0.4 is 10.0 Å². The standard InChI is InChI=1S/C14H15BrN2O3S2/c1-2-16-14(18)11-5-3-10(4-6-11)9-17-22(19,20)13-8-7-12(15)21-13/h3-8,17H,2,9H2,1H3,(H,16,18). The molecular formula is C14H15BrN2O3S2. The molecule has 0 unspecified atom stereocenters. The molecule has 8 heteroatoms. The van der Waals surface area contributed by atoms with Crippen LogP contribution >= 0.6 is 27.3 Å². The van der Waals surface area contributed by atoms with Crippen molar-refractivity contribution >= 4 is 43.2 Å². The highest BCUT2D eigenvalue weighted by molar-refractivity contribution is 9.11. The zero-order valence-corrected chi connectivity index (χ0v) is 15.0. The fourth-order valence-electron chi connectivity index (χ4n) is 1.73. The molecule has 0 aliphatic rings. The van der Waals surface area contributed by atoms with Crippen LogP contribution in [-0.2, 0) is 16.6 Å². The number of amides is 1. The Bertz CT molecular complexity index is 755. The van der Waals surface area contributed by atoms with E-state index in [0.717, 1.165) is 20.7 Å². The number of halogens is 1. The Kier molecular flexibility index (Phi) is 5.74. The van der Waals surface area contributed by atoms with Gasteiger partial charge in [0.1, 0.15) is 4.21 Å². The number of benzene rings is 1. The summed E-state index contributed by atoms with van der Waals surface area (Å²) in [5.41, 5.74) is 1.34. The molecule has 0 saturated carbocycles. The van der Waals surface area contributed by atoms with Crippen molar-refractivity contribution in [2.45, 2.75) is 17.7 Å². The second-order valence-electron chi connectivity index (χ2n) is 4.44. The van der Waals surface area contributed by atoms with Gasteiger partial charge in [-0.05, 0) is 52.7 Å². The molecule has 0 aliphatic carbocycles. The SMILES string of the molecule is CCNC(=O)c1ccc(CNS(=O)(=O)c2ccc(Br)s2)cc1. The first-order valence-corrected chi connectivity index (χ1v) is 9.64. The van der Waals surface area contributed by atoms with Gasteiger partial charge in [0, 0.05) is 18.7 Å². The van der Waals surface area contributed by atoms with Crippen molar-refractivity contribution in [2.75, 3.05) is 6.54 Å². The van der Waals surface area contributed by atoms with Crippen LogP contribution in [0.2, 0.25) is 0 Å². The molecule has 2 aromatic rings. The lowest BCUT2D eigenvalue weighted by atomic mass is 10.1. The van der Waals surface area contributed by atoms with Crippen molar-refractivity contribution < 1.29 is 13.2 Å². The third kappa shape index (κ3) is 4.39. The van der Waals surface area contributed by atoms with Gasteiger partial charge in [0.05, 0.1) is 3.79 Å². The third-order valence-corrected chi connectivity index (χ3v) is 6.35. The van der Waals surface area contributed by atoms with E-state index in [4.69, 9.17) is 0 Å². The quantitative estimate of drug-likeness (QED) is 0.779. The molecule has 1 aromatic heterocycles. The lowest BCUT2D eigenvalue weighted by Gasteiger charge is -2.06. The first-order valence-electron chi connectivity index (χ1n) is 6.54. The van der Waals surface area contributed by atoms with Gasteiger partial charge in [0.25, 0.3) is 5.91 Å². The lowest BCUT2D eigenvalue weighted by Crippen LogP contribution is -2.23. The maximum absolute atomic E-state index is 12.1. The molecule has 0 radical (unpaired) electrons. The minimum atomic E-state index is -3.51. The van der Waals surface area contributed by atoms with E-state index in [9.17, 15) is 13.2 Å². The average molecular weight is 403 g/mol. The molecule has 0 spiro atoms. The fourth-order valence-corrected chi connectivity index (χ4v) is 4.80. The monoisotopic (exact) mass is 402 g/mol. The Morgan fingerprint density at radius 2 is 1.86 bits per heavy atom. The molecule has 2 N–H and O–H groups in total. The van der Waals surface area contributed by atoms with E-state index in [-0.39, 0.29) is 16.7 Å². The predicted molar refractivity (Wildman–Crippen MR) is 90.5 cm³/mol. The minimum absolute atomic E-state index is 0.141. The van der Waals surface area contributed by atoms with Crippen LogP contribution in [0.15, 0.2) is 44.4 Å². The predicted octanol–water partition coefficient (Wildman–Crippen LogP) is 2.74. The van der Waals surface area contributed by atoms with Gasteiger partial charge in [0.2, 0.25) is 10.0 Å². The summed E-state index contributed by atoms with van der Waals surface area (Å²) in [5.74, 6) is -0.141. The normalized spacial score (nSPS) is 11.4. The number of nitrogens with one attached hydrogen (secondary N) is 2. The Labute approximate surface area is 141 Å². The Morgan fingerprint density at radius 1 is 1.18 bits per heavy atom. The van der Waals surface area contributed by atoms with Crippen LogP contribution in [0.4, 0.5) is 0 Å². The van der Waals surface area contributed by atoms with Crippen molar-refractivity contribution in [1.29, 1.82) is 0 Å². The average Bonchev–Trinajstić information content (AvgIpc) is 2.93. The van der Waals surface area contributed by atoms with Crippen molar-refractivity contribution in [1.82, 2.24) is 10.0 Å². The Morgan fingerprint density at radius 3 is 2.41 bits per heavy atom. The van der Waals surface area contributed by atoms with Crippen molar-refractivity contribution in [3.05, 3.63) is 51.3 Å². The Hall–Kier alpha value is -1.22. The highest BCUT2D eigenvalue weighted by Gasteiger charge is 2.16. The minimum Gasteiger partial charge on any atom is -0.352 e. The number of carbonyl (C=O) groups excluding carboxylic acids is 1. The van der Waals surface area contributed by atoms with Gasteiger partial charge >= 0.3 is 0 Å². The third-order valence-electron chi connectivity index (χ3n) is 2.83. The van der Waals surface area contributed by atoms with Gasteiger partial charge in [-0.25, -0.2) is 13.1 Å². The molecule has 0 atom stereocenters. The van der Waals surface area contributed by atoms with Crippen LogP contribution in [0.1, 0.15) is 22.8 Å². The Balaban J connectivity index is 2.01. The van der Waals surface area contributed by atoms with Crippen LogP contribution in [0, 0.1) is 0 Å². The maximum Gasteiger partial charge on any atom is 0.251 e. The maximum atomic E-state index is 12.1. The van der Waals surface area contributed by atoms with E-state index < -0.39 is 10.0 Å². The molecule has 1 heterocycles. The summed E-state index contributed by atoms with van der Waals surface area (Å²) in [4.78, 5) is 11.6. The van der Waals surface area contributed by atoms with Crippen molar-refractivity contribution in [2.24, 2.45) is 0 Å². The van der Waals surface area contributed by atoms with Crippen LogP contribution in [0.5, 0.6) is 0 Å². The number of carbonyl (C=O) groups is 1. The summed E-state index contributed by atoms with van der Waals surface area (Å²) in [7, 11) is -3.51. The van der Waals surface area contributed by atoms with E-state index in [1.165, 1.54) is 0 Å². The van der Waals surface area contributed by atoms with E-state index in [1.807, 2.05) is 6.92 Å². The lowest BCUT2D eigenvalue weighted by molar-refractivity contribution is 0.0956. The molecule has 0 aliphatic heterocycles. The molecule has 1 amide bonds. The van der Waals surface area contributed by atoms with Crippen molar-refractivity contribution in [3.8, 4) is 0 Å². The number of hydrogen-bond donors (Lipinski definition) is 2. The number of hydrogen-bond acceptors (Lipinski definition) is 4. The van der Waals surface area contributed by atoms with Gasteiger partial charge in [-0.2, -0.15) is 0 Å². The van der Waals surface area contributed by atoms with Crippen LogP contribution in [0.25, 0.3) is 0 Å². The second kappa shape index (κ2) is 7.36. The fraction of sp³-hybridized carbons (Fsp3) is 0.214. The van der Waals surface area contributed by atoms with E-state index in [2.05, 4.69) is 26.0 Å². The summed E-state index contributed by atoms with van der Waals surface area (Å²) >= 11 is 4.40. The topological polar surface area (TPSA) is 75.3 Å². The summed E-state index contributed by atoms with van der Waals surface area (Å²) in [6.07, 6.45) is 0.